The predicted octanol–water partition coefficient (Wildman–Crippen LogP) is 2.70. The first-order chi connectivity index (χ1) is 7.15. The highest BCUT2D eigenvalue weighted by molar-refractivity contribution is 5.80. The summed E-state index contributed by atoms with van der Waals surface area (Å²) < 4.78 is 0. The summed E-state index contributed by atoms with van der Waals surface area (Å²) >= 11 is 0. The van der Waals surface area contributed by atoms with Gasteiger partial charge in [0.25, 0.3) is 0 Å². The fourth-order valence-corrected chi connectivity index (χ4v) is 1.55. The molecule has 0 radical (unpaired) electrons. The van der Waals surface area contributed by atoms with E-state index in [1.54, 1.807) is 6.92 Å². The standard InChI is InChI=1S/C13H19NO/c1-4-13(14-10(2)11(3)15)12-8-6-5-7-9-12/h5-10,13-14H,4H2,1-3H3. The van der Waals surface area contributed by atoms with Crippen LogP contribution in [0.25, 0.3) is 0 Å². The number of hydrogen-bond acceptors (Lipinski definition) is 2. The molecule has 2 heteroatoms. The molecule has 0 saturated heterocycles. The molecule has 1 aromatic carbocycles. The van der Waals surface area contributed by atoms with E-state index < -0.39 is 0 Å². The second-order valence-corrected chi connectivity index (χ2v) is 3.87. The van der Waals surface area contributed by atoms with Gasteiger partial charge < -0.3 is 5.32 Å². The highest BCUT2D eigenvalue weighted by Gasteiger charge is 2.14. The molecular weight excluding hydrogens is 186 g/mol. The van der Waals surface area contributed by atoms with Crippen LogP contribution in [0.15, 0.2) is 30.3 Å². The minimum Gasteiger partial charge on any atom is -0.301 e. The number of nitrogens with one attached hydrogen (secondary N) is 1. The van der Waals surface area contributed by atoms with E-state index in [2.05, 4.69) is 24.4 Å². The predicted molar refractivity (Wildman–Crippen MR) is 62.8 cm³/mol. The van der Waals surface area contributed by atoms with Crippen LogP contribution in [-0.2, 0) is 4.79 Å². The van der Waals surface area contributed by atoms with E-state index in [0.717, 1.165) is 6.42 Å². The first-order valence-corrected chi connectivity index (χ1v) is 5.46. The fraction of sp³-hybridized carbons (Fsp3) is 0.462. The lowest BCUT2D eigenvalue weighted by atomic mass is 10.0. The van der Waals surface area contributed by atoms with Crippen molar-refractivity contribution in [3.05, 3.63) is 35.9 Å². The molecule has 2 atom stereocenters. The van der Waals surface area contributed by atoms with Crippen molar-refractivity contribution < 1.29 is 4.79 Å². The molecule has 15 heavy (non-hydrogen) atoms. The van der Waals surface area contributed by atoms with E-state index in [0.29, 0.717) is 0 Å². The van der Waals surface area contributed by atoms with Crippen LogP contribution in [-0.4, -0.2) is 11.8 Å². The molecule has 2 unspecified atom stereocenters. The van der Waals surface area contributed by atoms with Crippen molar-refractivity contribution in [2.24, 2.45) is 0 Å². The average Bonchev–Trinajstić information content (AvgIpc) is 2.26. The van der Waals surface area contributed by atoms with Crippen molar-refractivity contribution >= 4 is 5.78 Å². The second-order valence-electron chi connectivity index (χ2n) is 3.87. The van der Waals surface area contributed by atoms with E-state index >= 15 is 0 Å². The number of ketones is 1. The Hall–Kier alpha value is -1.15. The number of Topliss-reactive ketones (excluding diaryl/α,β-unsaturated/α-hetero) is 1. The smallest absolute Gasteiger partial charge is 0.146 e. The second kappa shape index (κ2) is 5.66. The normalized spacial score (nSPS) is 14.6. The molecule has 0 amide bonds. The Balaban J connectivity index is 2.69. The van der Waals surface area contributed by atoms with E-state index in [-0.39, 0.29) is 17.9 Å². The van der Waals surface area contributed by atoms with E-state index in [1.165, 1.54) is 5.56 Å². The SMILES string of the molecule is CCC(NC(C)C(C)=O)c1ccccc1. The molecule has 0 spiro atoms. The summed E-state index contributed by atoms with van der Waals surface area (Å²) in [5, 5.41) is 3.33. The molecule has 0 aliphatic heterocycles. The van der Waals surface area contributed by atoms with Crippen LogP contribution in [0, 0.1) is 0 Å². The largest absolute Gasteiger partial charge is 0.301 e. The molecule has 1 aromatic rings. The zero-order valence-electron chi connectivity index (χ0n) is 9.66. The van der Waals surface area contributed by atoms with Crippen LogP contribution < -0.4 is 5.32 Å². The Kier molecular flexibility index (Phi) is 4.50. The average molecular weight is 205 g/mol. The Bertz CT molecular complexity index is 308. The van der Waals surface area contributed by atoms with E-state index in [9.17, 15) is 4.79 Å². The lowest BCUT2D eigenvalue weighted by Gasteiger charge is -2.21. The van der Waals surface area contributed by atoms with Gasteiger partial charge in [0.1, 0.15) is 5.78 Å². The fourth-order valence-electron chi connectivity index (χ4n) is 1.55. The molecule has 2 nitrogen and oxygen atoms in total. The molecule has 0 fully saturated rings. The van der Waals surface area contributed by atoms with Gasteiger partial charge in [0.15, 0.2) is 0 Å². The van der Waals surface area contributed by atoms with Crippen molar-refractivity contribution in [1.29, 1.82) is 0 Å². The number of benzene rings is 1. The molecule has 0 heterocycles. The van der Waals surface area contributed by atoms with Gasteiger partial charge in [-0.3, -0.25) is 4.79 Å². The minimum atomic E-state index is -0.0739. The summed E-state index contributed by atoms with van der Waals surface area (Å²) in [6.07, 6.45) is 0.988. The van der Waals surface area contributed by atoms with Gasteiger partial charge in [-0.25, -0.2) is 0 Å². The molecule has 82 valence electrons. The third kappa shape index (κ3) is 3.48. The van der Waals surface area contributed by atoms with Gasteiger partial charge in [0.2, 0.25) is 0 Å². The highest BCUT2D eigenvalue weighted by Crippen LogP contribution is 2.16. The maximum absolute atomic E-state index is 11.2. The van der Waals surface area contributed by atoms with Gasteiger partial charge in [-0.1, -0.05) is 37.3 Å². The number of carbonyl (C=O) groups excluding carboxylic acids is 1. The van der Waals surface area contributed by atoms with Crippen LogP contribution in [0.4, 0.5) is 0 Å². The van der Waals surface area contributed by atoms with Crippen LogP contribution >= 0.6 is 0 Å². The molecule has 1 rings (SSSR count). The Morgan fingerprint density at radius 3 is 2.40 bits per heavy atom. The van der Waals surface area contributed by atoms with Gasteiger partial charge >= 0.3 is 0 Å². The van der Waals surface area contributed by atoms with Crippen LogP contribution in [0.1, 0.15) is 38.8 Å². The highest BCUT2D eigenvalue weighted by atomic mass is 16.1. The summed E-state index contributed by atoms with van der Waals surface area (Å²) in [5.74, 6) is 0.185. The lowest BCUT2D eigenvalue weighted by Crippen LogP contribution is -2.35. The van der Waals surface area contributed by atoms with Crippen molar-refractivity contribution in [1.82, 2.24) is 5.32 Å². The number of hydrogen-bond donors (Lipinski definition) is 1. The summed E-state index contributed by atoms with van der Waals surface area (Å²) in [7, 11) is 0. The maximum atomic E-state index is 11.2. The van der Waals surface area contributed by atoms with E-state index in [4.69, 9.17) is 0 Å². The molecule has 0 saturated carbocycles. The van der Waals surface area contributed by atoms with Crippen LogP contribution in [0.3, 0.4) is 0 Å². The van der Waals surface area contributed by atoms with Gasteiger partial charge in [-0.05, 0) is 25.8 Å². The van der Waals surface area contributed by atoms with Gasteiger partial charge in [-0.2, -0.15) is 0 Å². The van der Waals surface area contributed by atoms with Crippen molar-refractivity contribution in [2.75, 3.05) is 0 Å². The molecule has 0 aliphatic rings. The van der Waals surface area contributed by atoms with E-state index in [1.807, 2.05) is 25.1 Å². The van der Waals surface area contributed by atoms with Gasteiger partial charge in [0.05, 0.1) is 6.04 Å². The van der Waals surface area contributed by atoms with Crippen molar-refractivity contribution in [3.63, 3.8) is 0 Å². The van der Waals surface area contributed by atoms with Crippen molar-refractivity contribution in [3.8, 4) is 0 Å². The summed E-state index contributed by atoms with van der Waals surface area (Å²) in [6.45, 7) is 5.65. The Morgan fingerprint density at radius 1 is 1.33 bits per heavy atom. The Labute approximate surface area is 91.7 Å². The number of carbonyl (C=O) groups is 1. The Morgan fingerprint density at radius 2 is 1.93 bits per heavy atom. The lowest BCUT2D eigenvalue weighted by molar-refractivity contribution is -0.118. The third-order valence-corrected chi connectivity index (χ3v) is 2.67. The molecule has 0 bridgehead atoms. The first kappa shape index (κ1) is 11.9. The minimum absolute atomic E-state index is 0.0739. The summed E-state index contributed by atoms with van der Waals surface area (Å²) in [6, 6.07) is 10.4. The first-order valence-electron chi connectivity index (χ1n) is 5.46. The zero-order valence-corrected chi connectivity index (χ0v) is 9.66. The topological polar surface area (TPSA) is 29.1 Å². The maximum Gasteiger partial charge on any atom is 0.146 e. The quantitative estimate of drug-likeness (QED) is 0.800. The zero-order chi connectivity index (χ0) is 11.3. The monoisotopic (exact) mass is 205 g/mol. The molecular formula is C13H19NO. The molecule has 0 aliphatic carbocycles. The number of rotatable bonds is 5. The third-order valence-electron chi connectivity index (χ3n) is 2.67. The van der Waals surface area contributed by atoms with Gasteiger partial charge in [0, 0.05) is 6.04 Å². The van der Waals surface area contributed by atoms with Crippen molar-refractivity contribution in [2.45, 2.75) is 39.3 Å². The molecule has 1 N–H and O–H groups in total. The summed E-state index contributed by atoms with van der Waals surface area (Å²) in [5.41, 5.74) is 1.24. The van der Waals surface area contributed by atoms with Crippen LogP contribution in [0.5, 0.6) is 0 Å². The summed E-state index contributed by atoms with van der Waals surface area (Å²) in [4.78, 5) is 11.2. The van der Waals surface area contributed by atoms with Crippen LogP contribution in [0.2, 0.25) is 0 Å². The van der Waals surface area contributed by atoms with Gasteiger partial charge in [-0.15, -0.1) is 0 Å². The molecule has 0 aromatic heterocycles.